The number of nitrogens with zero attached hydrogens (tertiary/aromatic N) is 2. The molecule has 2 aliphatic rings. The molecule has 0 aliphatic carbocycles. The van der Waals surface area contributed by atoms with Crippen LogP contribution in [0.15, 0.2) is 77.7 Å². The van der Waals surface area contributed by atoms with Crippen LogP contribution in [-0.4, -0.2) is 61.1 Å². The summed E-state index contributed by atoms with van der Waals surface area (Å²) in [6, 6.07) is 24.4. The minimum absolute atomic E-state index is 0.0198. The molecule has 5 nitrogen and oxygen atoms in total. The van der Waals surface area contributed by atoms with E-state index in [0.717, 1.165) is 36.1 Å². The third kappa shape index (κ3) is 4.56. The van der Waals surface area contributed by atoms with Crippen LogP contribution in [0.4, 0.5) is 0 Å². The lowest BCUT2D eigenvalue weighted by molar-refractivity contribution is -0.0553. The maximum absolute atomic E-state index is 13.6. The van der Waals surface area contributed by atoms with E-state index in [2.05, 4.69) is 60.4 Å². The highest BCUT2D eigenvalue weighted by molar-refractivity contribution is 7.89. The van der Waals surface area contributed by atoms with E-state index >= 15 is 0 Å². The molecule has 0 aromatic heterocycles. The van der Waals surface area contributed by atoms with Gasteiger partial charge in [0.2, 0.25) is 10.0 Å². The predicted molar refractivity (Wildman–Crippen MR) is 140 cm³/mol. The van der Waals surface area contributed by atoms with E-state index in [4.69, 9.17) is 0 Å². The molecule has 3 atom stereocenters. The van der Waals surface area contributed by atoms with Crippen molar-refractivity contribution in [2.75, 3.05) is 26.2 Å². The lowest BCUT2D eigenvalue weighted by atomic mass is 9.74. The Balaban J connectivity index is 1.43. The predicted octanol–water partition coefficient (Wildman–Crippen LogP) is 4.58. The number of sulfonamides is 1. The average molecular weight is 491 g/mol. The first-order chi connectivity index (χ1) is 16.9. The number of aliphatic hydroxyl groups is 1. The molecule has 2 fully saturated rings. The summed E-state index contributed by atoms with van der Waals surface area (Å²) in [4.78, 5) is 2.71. The summed E-state index contributed by atoms with van der Waals surface area (Å²) in [5, 5.41) is 10.2. The molecule has 184 valence electrons. The molecule has 2 heterocycles. The molecule has 0 bridgehead atoms. The van der Waals surface area contributed by atoms with Gasteiger partial charge in [0.1, 0.15) is 0 Å². The van der Waals surface area contributed by atoms with E-state index in [1.54, 1.807) is 16.4 Å². The molecule has 35 heavy (non-hydrogen) atoms. The quantitative estimate of drug-likeness (QED) is 0.569. The number of rotatable bonds is 5. The van der Waals surface area contributed by atoms with Gasteiger partial charge < -0.3 is 5.11 Å². The second kappa shape index (κ2) is 9.86. The van der Waals surface area contributed by atoms with Crippen LogP contribution in [0.1, 0.15) is 35.4 Å². The Morgan fingerprint density at radius 2 is 1.49 bits per heavy atom. The Kier molecular flexibility index (Phi) is 6.82. The molecule has 5 rings (SSSR count). The fourth-order valence-corrected chi connectivity index (χ4v) is 7.48. The van der Waals surface area contributed by atoms with E-state index < -0.39 is 10.0 Å². The third-order valence-corrected chi connectivity index (χ3v) is 9.75. The topological polar surface area (TPSA) is 60.9 Å². The van der Waals surface area contributed by atoms with Crippen molar-refractivity contribution in [2.24, 2.45) is 0 Å². The Bertz CT molecular complexity index is 1270. The largest absolute Gasteiger partial charge is 0.395 e. The second-order valence-electron chi connectivity index (χ2n) is 9.90. The van der Waals surface area contributed by atoms with Crippen LogP contribution in [0.25, 0.3) is 11.1 Å². The number of aryl methyl sites for hydroxylation is 2. The third-order valence-electron chi connectivity index (χ3n) is 7.72. The molecule has 3 aromatic rings. The van der Waals surface area contributed by atoms with Crippen LogP contribution in [0.2, 0.25) is 0 Å². The standard InChI is InChI=1S/C29H34N2O3S/c1-21-9-11-23(12-10-21)24-13-15-25(16-14-24)29-26-19-30(17-5-6-18-31(26)27(29)20-32)35(33,34)28-8-4-3-7-22(28)2/h3-4,7-16,26-27,29,32H,5-6,17-20H2,1-2H3/t26-,27+,29+/m0/s1. The number of hydrogen-bond donors (Lipinski definition) is 1. The van der Waals surface area contributed by atoms with E-state index in [0.29, 0.717) is 18.0 Å². The smallest absolute Gasteiger partial charge is 0.243 e. The van der Waals surface area contributed by atoms with Crippen LogP contribution in [0.3, 0.4) is 0 Å². The maximum atomic E-state index is 13.6. The molecule has 0 saturated carbocycles. The summed E-state index contributed by atoms with van der Waals surface area (Å²) in [7, 11) is -3.59. The number of benzene rings is 3. The second-order valence-corrected chi connectivity index (χ2v) is 11.8. The minimum Gasteiger partial charge on any atom is -0.395 e. The summed E-state index contributed by atoms with van der Waals surface area (Å²) in [5.74, 6) is 0.0970. The molecule has 0 radical (unpaired) electrons. The molecule has 6 heteroatoms. The monoisotopic (exact) mass is 490 g/mol. The van der Waals surface area contributed by atoms with E-state index in [1.165, 1.54) is 11.1 Å². The van der Waals surface area contributed by atoms with Crippen molar-refractivity contribution in [2.45, 2.75) is 49.6 Å². The van der Waals surface area contributed by atoms with Crippen LogP contribution >= 0.6 is 0 Å². The Morgan fingerprint density at radius 3 is 2.14 bits per heavy atom. The van der Waals surface area contributed by atoms with Gasteiger partial charge in [-0.3, -0.25) is 4.90 Å². The molecule has 0 spiro atoms. The highest BCUT2D eigenvalue weighted by atomic mass is 32.2. The van der Waals surface area contributed by atoms with Crippen molar-refractivity contribution in [3.05, 3.63) is 89.5 Å². The molecule has 2 aliphatic heterocycles. The van der Waals surface area contributed by atoms with Crippen LogP contribution in [-0.2, 0) is 10.0 Å². The first-order valence-electron chi connectivity index (χ1n) is 12.5. The Hall–Kier alpha value is -2.51. The fourth-order valence-electron chi connectivity index (χ4n) is 5.76. The molecule has 0 amide bonds. The van der Waals surface area contributed by atoms with Gasteiger partial charge in [0.05, 0.1) is 11.5 Å². The average Bonchev–Trinajstić information content (AvgIpc) is 2.84. The summed E-state index contributed by atoms with van der Waals surface area (Å²) < 4.78 is 28.9. The fraction of sp³-hybridized carbons (Fsp3) is 0.379. The van der Waals surface area contributed by atoms with E-state index in [9.17, 15) is 13.5 Å². The SMILES string of the molecule is Cc1ccc(-c2ccc([C@H]3[C@@H](CO)N4CCCCN(S(=O)(=O)c5ccccc5C)C[C@@H]34)cc2)cc1. The molecule has 1 N–H and O–H groups in total. The maximum Gasteiger partial charge on any atom is 0.243 e. The molecule has 2 saturated heterocycles. The van der Waals surface area contributed by atoms with Gasteiger partial charge in [-0.25, -0.2) is 8.42 Å². The lowest BCUT2D eigenvalue weighted by Crippen LogP contribution is -2.67. The van der Waals surface area contributed by atoms with Gasteiger partial charge in [-0.2, -0.15) is 4.31 Å². The highest BCUT2D eigenvalue weighted by Gasteiger charge is 2.50. The van der Waals surface area contributed by atoms with Gasteiger partial charge >= 0.3 is 0 Å². The number of hydrogen-bond acceptors (Lipinski definition) is 4. The van der Waals surface area contributed by atoms with Crippen LogP contribution < -0.4 is 0 Å². The van der Waals surface area contributed by atoms with Crippen molar-refractivity contribution in [3.63, 3.8) is 0 Å². The van der Waals surface area contributed by atoms with E-state index in [1.807, 2.05) is 19.1 Å². The van der Waals surface area contributed by atoms with Crippen molar-refractivity contribution >= 4 is 10.0 Å². The first kappa shape index (κ1) is 24.2. The zero-order valence-electron chi connectivity index (χ0n) is 20.5. The molecular weight excluding hydrogens is 456 g/mol. The summed E-state index contributed by atoms with van der Waals surface area (Å²) >= 11 is 0. The highest BCUT2D eigenvalue weighted by Crippen LogP contribution is 2.43. The van der Waals surface area contributed by atoms with Crippen molar-refractivity contribution in [1.82, 2.24) is 9.21 Å². The summed E-state index contributed by atoms with van der Waals surface area (Å²) in [6.07, 6.45) is 1.74. The summed E-state index contributed by atoms with van der Waals surface area (Å²) in [6.45, 7) is 5.88. The number of aliphatic hydroxyl groups excluding tert-OH is 1. The van der Waals surface area contributed by atoms with Gasteiger partial charge in [0.25, 0.3) is 0 Å². The number of fused-ring (bicyclic) bond motifs is 1. The lowest BCUT2D eigenvalue weighted by Gasteiger charge is -2.57. The molecular formula is C29H34N2O3S. The van der Waals surface area contributed by atoms with Crippen molar-refractivity contribution < 1.29 is 13.5 Å². The van der Waals surface area contributed by atoms with Crippen molar-refractivity contribution in [3.8, 4) is 11.1 Å². The van der Waals surface area contributed by atoms with Gasteiger partial charge in [-0.1, -0.05) is 72.3 Å². The first-order valence-corrected chi connectivity index (χ1v) is 13.9. The van der Waals surface area contributed by atoms with Crippen LogP contribution in [0, 0.1) is 13.8 Å². The van der Waals surface area contributed by atoms with Gasteiger partial charge in [-0.15, -0.1) is 0 Å². The summed E-state index contributed by atoms with van der Waals surface area (Å²) in [5.41, 5.74) is 5.51. The minimum atomic E-state index is -3.59. The Morgan fingerprint density at radius 1 is 0.857 bits per heavy atom. The van der Waals surface area contributed by atoms with Gasteiger partial charge in [0, 0.05) is 31.1 Å². The molecule has 0 unspecified atom stereocenters. The van der Waals surface area contributed by atoms with E-state index in [-0.39, 0.29) is 24.6 Å². The van der Waals surface area contributed by atoms with Gasteiger partial charge in [-0.05, 0) is 61.6 Å². The molecule has 3 aromatic carbocycles. The zero-order chi connectivity index (χ0) is 24.6. The zero-order valence-corrected chi connectivity index (χ0v) is 21.3. The van der Waals surface area contributed by atoms with Crippen molar-refractivity contribution in [1.29, 1.82) is 0 Å². The normalized spacial score (nSPS) is 23.7. The van der Waals surface area contributed by atoms with Gasteiger partial charge in [0.15, 0.2) is 0 Å². The van der Waals surface area contributed by atoms with Crippen LogP contribution in [0.5, 0.6) is 0 Å². The Labute approximate surface area is 209 Å².